The molecule has 1 aliphatic heterocycles. The average Bonchev–Trinajstić information content (AvgIpc) is 2.92. The Balaban J connectivity index is 1.62. The number of fused-ring (bicyclic) bond motifs is 1. The van der Waals surface area contributed by atoms with Crippen molar-refractivity contribution in [3.63, 3.8) is 0 Å². The summed E-state index contributed by atoms with van der Waals surface area (Å²) in [4.78, 5) is 12.6. The van der Waals surface area contributed by atoms with E-state index in [0.29, 0.717) is 36.1 Å². The summed E-state index contributed by atoms with van der Waals surface area (Å²) in [7, 11) is 1.58. The van der Waals surface area contributed by atoms with Crippen LogP contribution in [0.25, 0.3) is 0 Å². The van der Waals surface area contributed by atoms with E-state index in [2.05, 4.69) is 33.9 Å². The lowest BCUT2D eigenvalue weighted by molar-refractivity contribution is 0.0949. The maximum atomic E-state index is 12.6. The Labute approximate surface area is 166 Å². The van der Waals surface area contributed by atoms with Crippen LogP contribution < -0.4 is 14.8 Å². The molecule has 0 bridgehead atoms. The topological polar surface area (TPSA) is 78.3 Å². The number of carbonyl (C=O) groups is 1. The first-order valence-electron chi connectivity index (χ1n) is 10.1. The summed E-state index contributed by atoms with van der Waals surface area (Å²) >= 11 is 0. The molecule has 7 nitrogen and oxygen atoms in total. The number of carbonyl (C=O) groups excluding carboxylic acids is 1. The van der Waals surface area contributed by atoms with Crippen molar-refractivity contribution in [1.29, 1.82) is 0 Å². The molecule has 0 unspecified atom stereocenters. The number of nitrogens with one attached hydrogen (secondary N) is 1. The number of hydrogen-bond donors (Lipinski definition) is 1. The molecule has 28 heavy (non-hydrogen) atoms. The number of amides is 1. The fraction of sp³-hybridized carbons (Fsp3) is 0.571. The van der Waals surface area contributed by atoms with Crippen molar-refractivity contribution in [2.24, 2.45) is 5.92 Å². The molecule has 0 saturated carbocycles. The van der Waals surface area contributed by atoms with Crippen LogP contribution in [-0.2, 0) is 19.5 Å². The van der Waals surface area contributed by atoms with Gasteiger partial charge in [-0.25, -0.2) is 0 Å². The van der Waals surface area contributed by atoms with Gasteiger partial charge in [0.1, 0.15) is 5.82 Å². The molecular weight excluding hydrogens is 356 g/mol. The second kappa shape index (κ2) is 9.57. The first kappa shape index (κ1) is 20.2. The van der Waals surface area contributed by atoms with Crippen molar-refractivity contribution < 1.29 is 14.3 Å². The summed E-state index contributed by atoms with van der Waals surface area (Å²) in [5, 5.41) is 11.5. The molecule has 1 aliphatic rings. The third-order valence-corrected chi connectivity index (χ3v) is 4.97. The predicted octanol–water partition coefficient (Wildman–Crippen LogP) is 3.37. The Morgan fingerprint density at radius 1 is 1.21 bits per heavy atom. The zero-order valence-electron chi connectivity index (χ0n) is 17.0. The highest BCUT2D eigenvalue weighted by molar-refractivity contribution is 5.94. The Bertz CT molecular complexity index is 801. The number of hydrogen-bond acceptors (Lipinski definition) is 5. The van der Waals surface area contributed by atoms with Gasteiger partial charge in [-0.1, -0.05) is 20.3 Å². The number of aromatic nitrogens is 3. The highest BCUT2D eigenvalue weighted by atomic mass is 16.5. The lowest BCUT2D eigenvalue weighted by atomic mass is 10.1. The van der Waals surface area contributed by atoms with Gasteiger partial charge in [0.15, 0.2) is 17.3 Å². The molecule has 1 aromatic carbocycles. The van der Waals surface area contributed by atoms with E-state index < -0.39 is 0 Å². The van der Waals surface area contributed by atoms with Gasteiger partial charge in [0.25, 0.3) is 5.91 Å². The Kier molecular flexibility index (Phi) is 6.90. The zero-order valence-corrected chi connectivity index (χ0v) is 17.0. The minimum atomic E-state index is -0.169. The van der Waals surface area contributed by atoms with E-state index in [1.807, 2.05) is 0 Å². The van der Waals surface area contributed by atoms with Gasteiger partial charge in [-0.05, 0) is 43.4 Å². The number of methoxy groups -OCH3 is 1. The first-order chi connectivity index (χ1) is 13.6. The number of nitrogens with zero attached hydrogens (tertiary/aromatic N) is 3. The van der Waals surface area contributed by atoms with Crippen molar-refractivity contribution in [3.8, 4) is 11.5 Å². The maximum absolute atomic E-state index is 12.6. The summed E-state index contributed by atoms with van der Waals surface area (Å²) in [6, 6.07) is 5.26. The molecule has 1 N–H and O–H groups in total. The molecule has 0 saturated heterocycles. The molecule has 3 rings (SSSR count). The van der Waals surface area contributed by atoms with Crippen LogP contribution in [-0.4, -0.2) is 34.4 Å². The second-order valence-corrected chi connectivity index (χ2v) is 7.57. The molecule has 1 aromatic heterocycles. The van der Waals surface area contributed by atoms with Crippen molar-refractivity contribution in [1.82, 2.24) is 20.1 Å². The van der Waals surface area contributed by atoms with Crippen LogP contribution in [0.5, 0.6) is 11.5 Å². The SMILES string of the molecule is COc1cc(C(=O)NCc2nnc3n2CCCCC3)ccc1OCCC(C)C. The molecular formula is C21H30N4O3. The quantitative estimate of drug-likeness (QED) is 0.753. The van der Waals surface area contributed by atoms with Crippen LogP contribution in [0.15, 0.2) is 18.2 Å². The van der Waals surface area contributed by atoms with E-state index in [1.165, 1.54) is 6.42 Å². The van der Waals surface area contributed by atoms with E-state index >= 15 is 0 Å². The standard InChI is InChI=1S/C21H30N4O3/c1-15(2)10-12-28-17-9-8-16(13-18(17)27-3)21(26)22-14-20-24-23-19-7-5-4-6-11-25(19)20/h8-9,13,15H,4-7,10-12,14H2,1-3H3,(H,22,26). The van der Waals surface area contributed by atoms with Crippen LogP contribution in [0.4, 0.5) is 0 Å². The highest BCUT2D eigenvalue weighted by Gasteiger charge is 2.16. The van der Waals surface area contributed by atoms with Crippen LogP contribution in [0.3, 0.4) is 0 Å². The van der Waals surface area contributed by atoms with Crippen LogP contribution >= 0.6 is 0 Å². The largest absolute Gasteiger partial charge is 0.493 e. The van der Waals surface area contributed by atoms with Crippen molar-refractivity contribution in [2.45, 2.75) is 59.0 Å². The molecule has 1 amide bonds. The fourth-order valence-electron chi connectivity index (χ4n) is 3.27. The molecule has 0 fully saturated rings. The minimum Gasteiger partial charge on any atom is -0.493 e. The van der Waals surface area contributed by atoms with E-state index in [9.17, 15) is 4.79 Å². The van der Waals surface area contributed by atoms with E-state index in [4.69, 9.17) is 9.47 Å². The molecule has 7 heteroatoms. The second-order valence-electron chi connectivity index (χ2n) is 7.57. The monoisotopic (exact) mass is 386 g/mol. The first-order valence-corrected chi connectivity index (χ1v) is 10.1. The van der Waals surface area contributed by atoms with Crippen LogP contribution in [0, 0.1) is 5.92 Å². The van der Waals surface area contributed by atoms with Gasteiger partial charge >= 0.3 is 0 Å². The van der Waals surface area contributed by atoms with Gasteiger partial charge in [0.2, 0.25) is 0 Å². The van der Waals surface area contributed by atoms with Gasteiger partial charge in [0, 0.05) is 18.5 Å². The predicted molar refractivity (Wildman–Crippen MR) is 107 cm³/mol. The number of benzene rings is 1. The third kappa shape index (κ3) is 5.03. The third-order valence-electron chi connectivity index (χ3n) is 4.97. The van der Waals surface area contributed by atoms with E-state index in [-0.39, 0.29) is 5.91 Å². The average molecular weight is 386 g/mol. The van der Waals surface area contributed by atoms with Crippen molar-refractivity contribution >= 4 is 5.91 Å². The lowest BCUT2D eigenvalue weighted by Crippen LogP contribution is -2.25. The molecule has 0 atom stereocenters. The van der Waals surface area contributed by atoms with Gasteiger partial charge in [0.05, 0.1) is 20.3 Å². The number of rotatable bonds is 8. The van der Waals surface area contributed by atoms with Gasteiger partial charge < -0.3 is 19.4 Å². The number of ether oxygens (including phenoxy) is 2. The Morgan fingerprint density at radius 3 is 2.86 bits per heavy atom. The van der Waals surface area contributed by atoms with Gasteiger partial charge in [-0.15, -0.1) is 10.2 Å². The number of aryl methyl sites for hydroxylation is 1. The van der Waals surface area contributed by atoms with Crippen LogP contribution in [0.1, 0.15) is 61.5 Å². The molecule has 0 radical (unpaired) electrons. The fourth-order valence-corrected chi connectivity index (χ4v) is 3.27. The highest BCUT2D eigenvalue weighted by Crippen LogP contribution is 2.28. The van der Waals surface area contributed by atoms with E-state index in [0.717, 1.165) is 43.9 Å². The normalized spacial score (nSPS) is 13.7. The maximum Gasteiger partial charge on any atom is 0.251 e. The summed E-state index contributed by atoms with van der Waals surface area (Å²) < 4.78 is 13.3. The summed E-state index contributed by atoms with van der Waals surface area (Å²) in [6.45, 7) is 6.22. The van der Waals surface area contributed by atoms with Gasteiger partial charge in [-0.3, -0.25) is 4.79 Å². The van der Waals surface area contributed by atoms with Crippen molar-refractivity contribution in [2.75, 3.05) is 13.7 Å². The molecule has 2 heterocycles. The Morgan fingerprint density at radius 2 is 2.07 bits per heavy atom. The zero-order chi connectivity index (χ0) is 19.9. The lowest BCUT2D eigenvalue weighted by Gasteiger charge is -2.13. The minimum absolute atomic E-state index is 0.169. The smallest absolute Gasteiger partial charge is 0.251 e. The van der Waals surface area contributed by atoms with Gasteiger partial charge in [-0.2, -0.15) is 0 Å². The van der Waals surface area contributed by atoms with E-state index in [1.54, 1.807) is 25.3 Å². The van der Waals surface area contributed by atoms with Crippen LogP contribution in [0.2, 0.25) is 0 Å². The summed E-state index contributed by atoms with van der Waals surface area (Å²) in [5.74, 6) is 3.45. The Hall–Kier alpha value is -2.57. The summed E-state index contributed by atoms with van der Waals surface area (Å²) in [5.41, 5.74) is 0.531. The molecule has 152 valence electrons. The summed E-state index contributed by atoms with van der Waals surface area (Å²) in [6.07, 6.45) is 5.41. The van der Waals surface area contributed by atoms with Crippen molar-refractivity contribution in [3.05, 3.63) is 35.4 Å². The molecule has 2 aromatic rings. The molecule has 0 aliphatic carbocycles. The molecule has 0 spiro atoms.